The predicted molar refractivity (Wildman–Crippen MR) is 94.8 cm³/mol. The highest BCUT2D eigenvalue weighted by Crippen LogP contribution is 2.23. The standard InChI is InChI=1S/C17H26N4OS/c1-12(11-21-14(3)9-13(2)19-21)10-18-17(22)20(5)15(4)16-7-6-8-23-16/h6-9,12,15H,10-11H2,1-5H3,(H,18,22)/t12-,15-/m0/s1. The Balaban J connectivity index is 1.82. The number of rotatable bonds is 6. The number of hydrogen-bond acceptors (Lipinski definition) is 3. The molecule has 6 heteroatoms. The third-order valence-electron chi connectivity index (χ3n) is 4.05. The number of hydrogen-bond donors (Lipinski definition) is 1. The van der Waals surface area contributed by atoms with Crippen LogP contribution in [0.4, 0.5) is 4.79 Å². The van der Waals surface area contributed by atoms with Gasteiger partial charge in [-0.05, 0) is 44.2 Å². The number of thiophene rings is 1. The van der Waals surface area contributed by atoms with Crippen LogP contribution in [-0.2, 0) is 6.54 Å². The summed E-state index contributed by atoms with van der Waals surface area (Å²) >= 11 is 1.67. The van der Waals surface area contributed by atoms with E-state index in [0.717, 1.165) is 17.9 Å². The van der Waals surface area contributed by atoms with Gasteiger partial charge in [0.25, 0.3) is 0 Å². The minimum absolute atomic E-state index is 0.0360. The van der Waals surface area contributed by atoms with Crippen LogP contribution >= 0.6 is 11.3 Å². The number of aromatic nitrogens is 2. The molecule has 1 N–H and O–H groups in total. The van der Waals surface area contributed by atoms with Crippen molar-refractivity contribution in [2.75, 3.05) is 13.6 Å². The first-order valence-electron chi connectivity index (χ1n) is 7.93. The number of amides is 2. The number of urea groups is 1. The maximum Gasteiger partial charge on any atom is 0.317 e. The smallest absolute Gasteiger partial charge is 0.317 e. The average Bonchev–Trinajstić information content (AvgIpc) is 3.13. The molecule has 2 atom stereocenters. The van der Waals surface area contributed by atoms with Crippen molar-refractivity contribution in [3.8, 4) is 0 Å². The number of aryl methyl sites for hydroxylation is 2. The summed E-state index contributed by atoms with van der Waals surface area (Å²) in [5.41, 5.74) is 2.19. The van der Waals surface area contributed by atoms with Gasteiger partial charge in [0, 0.05) is 30.7 Å². The van der Waals surface area contributed by atoms with Crippen molar-refractivity contribution in [2.45, 2.75) is 40.3 Å². The highest BCUT2D eigenvalue weighted by molar-refractivity contribution is 7.10. The van der Waals surface area contributed by atoms with Crippen molar-refractivity contribution in [3.63, 3.8) is 0 Å². The first kappa shape index (κ1) is 17.5. The molecule has 0 radical (unpaired) electrons. The molecular weight excluding hydrogens is 308 g/mol. The van der Waals surface area contributed by atoms with Gasteiger partial charge in [0.2, 0.25) is 0 Å². The predicted octanol–water partition coefficient (Wildman–Crippen LogP) is 3.60. The molecule has 126 valence electrons. The highest BCUT2D eigenvalue weighted by atomic mass is 32.1. The Kier molecular flexibility index (Phi) is 5.82. The molecule has 5 nitrogen and oxygen atoms in total. The van der Waals surface area contributed by atoms with Crippen molar-refractivity contribution < 1.29 is 4.79 Å². The molecule has 0 saturated heterocycles. The van der Waals surface area contributed by atoms with Crippen molar-refractivity contribution in [2.24, 2.45) is 5.92 Å². The fourth-order valence-electron chi connectivity index (χ4n) is 2.50. The Morgan fingerprint density at radius 3 is 2.74 bits per heavy atom. The number of nitrogens with one attached hydrogen (secondary N) is 1. The summed E-state index contributed by atoms with van der Waals surface area (Å²) in [6, 6.07) is 6.19. The first-order chi connectivity index (χ1) is 10.9. The minimum Gasteiger partial charge on any atom is -0.338 e. The molecule has 0 saturated carbocycles. The average molecular weight is 334 g/mol. The fraction of sp³-hybridized carbons (Fsp3) is 0.529. The monoisotopic (exact) mass is 334 g/mol. The minimum atomic E-state index is -0.0360. The van der Waals surface area contributed by atoms with Crippen molar-refractivity contribution >= 4 is 17.4 Å². The van der Waals surface area contributed by atoms with Crippen LogP contribution in [0, 0.1) is 19.8 Å². The molecule has 0 bridgehead atoms. The zero-order chi connectivity index (χ0) is 17.0. The van der Waals surface area contributed by atoms with Gasteiger partial charge >= 0.3 is 6.03 Å². The summed E-state index contributed by atoms with van der Waals surface area (Å²) in [4.78, 5) is 15.2. The topological polar surface area (TPSA) is 50.2 Å². The summed E-state index contributed by atoms with van der Waals surface area (Å²) in [6.45, 7) is 9.67. The quantitative estimate of drug-likeness (QED) is 0.877. The van der Waals surface area contributed by atoms with E-state index >= 15 is 0 Å². The third-order valence-corrected chi connectivity index (χ3v) is 5.09. The Hall–Kier alpha value is -1.82. The van der Waals surface area contributed by atoms with E-state index in [0.29, 0.717) is 12.5 Å². The lowest BCUT2D eigenvalue weighted by Crippen LogP contribution is -2.40. The van der Waals surface area contributed by atoms with E-state index in [1.54, 1.807) is 16.2 Å². The van der Waals surface area contributed by atoms with Crippen LogP contribution in [0.3, 0.4) is 0 Å². The Bertz CT molecular complexity index is 635. The Morgan fingerprint density at radius 2 is 2.17 bits per heavy atom. The molecule has 0 aromatic carbocycles. The van der Waals surface area contributed by atoms with Gasteiger partial charge in [-0.3, -0.25) is 4.68 Å². The molecule has 2 rings (SSSR count). The first-order valence-corrected chi connectivity index (χ1v) is 8.81. The summed E-state index contributed by atoms with van der Waals surface area (Å²) in [5, 5.41) is 9.53. The molecule has 2 heterocycles. The van der Waals surface area contributed by atoms with Crippen molar-refractivity contribution in [3.05, 3.63) is 39.8 Å². The molecule has 2 aromatic rings. The fourth-order valence-corrected chi connectivity index (χ4v) is 3.33. The molecular formula is C17H26N4OS. The van der Waals surface area contributed by atoms with Crippen molar-refractivity contribution in [1.29, 1.82) is 0 Å². The van der Waals surface area contributed by atoms with Gasteiger partial charge in [-0.25, -0.2) is 4.79 Å². The molecule has 2 aromatic heterocycles. The second-order valence-electron chi connectivity index (χ2n) is 6.20. The van der Waals surface area contributed by atoms with Gasteiger partial charge in [0.05, 0.1) is 11.7 Å². The SMILES string of the molecule is Cc1cc(C)n(C[C@@H](C)CNC(=O)N(C)[C@@H](C)c2cccs2)n1. The van der Waals surface area contributed by atoms with Crippen LogP contribution in [0.1, 0.15) is 36.2 Å². The maximum absolute atomic E-state index is 12.3. The molecule has 23 heavy (non-hydrogen) atoms. The lowest BCUT2D eigenvalue weighted by molar-refractivity contribution is 0.193. The van der Waals surface area contributed by atoms with E-state index in [9.17, 15) is 4.79 Å². The van der Waals surface area contributed by atoms with Gasteiger partial charge < -0.3 is 10.2 Å². The molecule has 0 unspecified atom stereocenters. The Labute approximate surface area is 142 Å². The highest BCUT2D eigenvalue weighted by Gasteiger charge is 2.18. The molecule has 0 fully saturated rings. The van der Waals surface area contributed by atoms with E-state index < -0.39 is 0 Å². The Morgan fingerprint density at radius 1 is 1.43 bits per heavy atom. The molecule has 0 aliphatic carbocycles. The summed E-state index contributed by atoms with van der Waals surface area (Å²) < 4.78 is 2.00. The second kappa shape index (κ2) is 7.64. The zero-order valence-electron chi connectivity index (χ0n) is 14.5. The number of nitrogens with zero attached hydrogens (tertiary/aromatic N) is 3. The van der Waals surface area contributed by atoms with Gasteiger partial charge in [-0.2, -0.15) is 5.10 Å². The molecule has 2 amide bonds. The van der Waals surface area contributed by atoms with Crippen LogP contribution in [0.2, 0.25) is 0 Å². The summed E-state index contributed by atoms with van der Waals surface area (Å²) in [7, 11) is 1.84. The van der Waals surface area contributed by atoms with E-state index in [1.807, 2.05) is 37.0 Å². The van der Waals surface area contributed by atoms with E-state index in [2.05, 4.69) is 36.4 Å². The molecule has 0 aliphatic heterocycles. The van der Waals surface area contributed by atoms with Gasteiger partial charge in [-0.1, -0.05) is 13.0 Å². The van der Waals surface area contributed by atoms with Crippen molar-refractivity contribution in [1.82, 2.24) is 20.0 Å². The molecule has 0 aliphatic rings. The van der Waals surface area contributed by atoms with Crippen LogP contribution in [-0.4, -0.2) is 34.3 Å². The lowest BCUT2D eigenvalue weighted by Gasteiger charge is -2.25. The lowest BCUT2D eigenvalue weighted by atomic mass is 10.2. The number of carbonyl (C=O) groups is 1. The van der Waals surface area contributed by atoms with E-state index in [-0.39, 0.29) is 12.1 Å². The normalized spacial score (nSPS) is 13.6. The summed E-state index contributed by atoms with van der Waals surface area (Å²) in [5.74, 6) is 0.322. The van der Waals surface area contributed by atoms with Crippen LogP contribution in [0.25, 0.3) is 0 Å². The van der Waals surface area contributed by atoms with Gasteiger partial charge in [0.15, 0.2) is 0 Å². The van der Waals surface area contributed by atoms with Crippen LogP contribution < -0.4 is 5.32 Å². The third kappa shape index (κ3) is 4.58. The second-order valence-corrected chi connectivity index (χ2v) is 7.18. The maximum atomic E-state index is 12.3. The molecule has 0 spiro atoms. The van der Waals surface area contributed by atoms with E-state index in [1.165, 1.54) is 4.88 Å². The largest absolute Gasteiger partial charge is 0.338 e. The van der Waals surface area contributed by atoms with Gasteiger partial charge in [-0.15, -0.1) is 11.3 Å². The van der Waals surface area contributed by atoms with Crippen LogP contribution in [0.15, 0.2) is 23.6 Å². The van der Waals surface area contributed by atoms with E-state index in [4.69, 9.17) is 0 Å². The van der Waals surface area contributed by atoms with Gasteiger partial charge in [0.1, 0.15) is 0 Å². The number of carbonyl (C=O) groups excluding carboxylic acids is 1. The zero-order valence-corrected chi connectivity index (χ0v) is 15.4. The van der Waals surface area contributed by atoms with Crippen LogP contribution in [0.5, 0.6) is 0 Å². The summed E-state index contributed by atoms with van der Waals surface area (Å²) in [6.07, 6.45) is 0.